The quantitative estimate of drug-likeness (QED) is 0.857. The van der Waals surface area contributed by atoms with Crippen LogP contribution in [0.5, 0.6) is 0 Å². The lowest BCUT2D eigenvalue weighted by molar-refractivity contribution is -0.131. The molecule has 0 radical (unpaired) electrons. The van der Waals surface area contributed by atoms with Gasteiger partial charge in [0.2, 0.25) is 0 Å². The number of likely N-dealkylation sites (N-methyl/N-ethyl adjacent to an activating group) is 1. The van der Waals surface area contributed by atoms with E-state index >= 15 is 0 Å². The first kappa shape index (κ1) is 14.1. The molecule has 0 amide bonds. The molecular formula is C14H17N3O3S. The van der Waals surface area contributed by atoms with Crippen molar-refractivity contribution >= 4 is 34.2 Å². The van der Waals surface area contributed by atoms with Gasteiger partial charge in [-0.15, -0.1) is 11.3 Å². The average molecular weight is 307 g/mol. The van der Waals surface area contributed by atoms with Crippen molar-refractivity contribution in [1.29, 1.82) is 0 Å². The molecule has 3 heterocycles. The normalized spacial score (nSPS) is 18.8. The van der Waals surface area contributed by atoms with Crippen LogP contribution >= 0.6 is 11.3 Å². The van der Waals surface area contributed by atoms with E-state index in [1.54, 1.807) is 6.08 Å². The Morgan fingerprint density at radius 1 is 1.71 bits per heavy atom. The minimum absolute atomic E-state index is 0.228. The van der Waals surface area contributed by atoms with Gasteiger partial charge in [0.05, 0.1) is 11.8 Å². The largest absolute Gasteiger partial charge is 0.478 e. The third kappa shape index (κ3) is 2.93. The van der Waals surface area contributed by atoms with Gasteiger partial charge in [0, 0.05) is 37.9 Å². The molecule has 0 aromatic carbocycles. The zero-order chi connectivity index (χ0) is 14.8. The molecule has 2 aromatic rings. The maximum atomic E-state index is 10.8. The maximum absolute atomic E-state index is 10.8. The number of hydrogen-bond donors (Lipinski definition) is 1. The molecule has 1 aliphatic rings. The van der Waals surface area contributed by atoms with Crippen LogP contribution in [0.1, 0.15) is 18.5 Å². The molecule has 1 saturated heterocycles. The Hall–Kier alpha value is -1.86. The summed E-state index contributed by atoms with van der Waals surface area (Å²) in [5.41, 5.74) is 0.786. The highest BCUT2D eigenvalue weighted by Crippen LogP contribution is 2.26. The number of rotatable bonds is 5. The van der Waals surface area contributed by atoms with Crippen molar-refractivity contribution in [3.8, 4) is 0 Å². The first-order chi connectivity index (χ1) is 10.1. The summed E-state index contributed by atoms with van der Waals surface area (Å²) >= 11 is 1.53. The molecular weight excluding hydrogens is 290 g/mol. The van der Waals surface area contributed by atoms with Crippen LogP contribution in [-0.2, 0) is 9.53 Å². The predicted molar refractivity (Wildman–Crippen MR) is 82.0 cm³/mol. The van der Waals surface area contributed by atoms with E-state index in [2.05, 4.69) is 4.98 Å². The van der Waals surface area contributed by atoms with Gasteiger partial charge < -0.3 is 14.7 Å². The summed E-state index contributed by atoms with van der Waals surface area (Å²) in [5, 5.41) is 10.8. The van der Waals surface area contributed by atoms with E-state index in [4.69, 9.17) is 9.84 Å². The fourth-order valence-corrected chi connectivity index (χ4v) is 3.27. The number of fused-ring (bicyclic) bond motifs is 1. The van der Waals surface area contributed by atoms with Crippen LogP contribution in [0, 0.1) is 0 Å². The number of anilines is 1. The minimum atomic E-state index is -0.965. The van der Waals surface area contributed by atoms with E-state index in [1.807, 2.05) is 27.9 Å². The smallest absolute Gasteiger partial charge is 0.328 e. The van der Waals surface area contributed by atoms with Crippen molar-refractivity contribution in [3.63, 3.8) is 0 Å². The van der Waals surface area contributed by atoms with Gasteiger partial charge in [0.15, 0.2) is 10.8 Å². The highest BCUT2D eigenvalue weighted by atomic mass is 32.1. The van der Waals surface area contributed by atoms with Gasteiger partial charge in [-0.3, -0.25) is 4.40 Å². The molecule has 0 bridgehead atoms. The molecule has 0 saturated carbocycles. The van der Waals surface area contributed by atoms with Crippen LogP contribution in [0.2, 0.25) is 0 Å². The zero-order valence-corrected chi connectivity index (χ0v) is 12.5. The van der Waals surface area contributed by atoms with Gasteiger partial charge in [-0.05, 0) is 18.9 Å². The number of aromatic nitrogens is 2. The van der Waals surface area contributed by atoms with Crippen LogP contribution in [0.4, 0.5) is 5.82 Å². The number of carboxylic acids is 1. The van der Waals surface area contributed by atoms with Crippen molar-refractivity contribution in [3.05, 3.63) is 23.3 Å². The molecule has 1 N–H and O–H groups in total. The SMILES string of the molecule is CN(CC1CCCO1)c1nc2sccn2c1C=CC(=O)O. The second-order valence-corrected chi connectivity index (χ2v) is 5.94. The topological polar surface area (TPSA) is 67.1 Å². The van der Waals surface area contributed by atoms with Crippen LogP contribution in [0.25, 0.3) is 11.0 Å². The summed E-state index contributed by atoms with van der Waals surface area (Å²) in [4.78, 5) is 18.3. The number of aliphatic carboxylic acids is 1. The number of hydrogen-bond acceptors (Lipinski definition) is 5. The molecule has 0 spiro atoms. The second-order valence-electron chi connectivity index (χ2n) is 5.06. The highest BCUT2D eigenvalue weighted by Gasteiger charge is 2.21. The molecule has 1 atom stereocenters. The van der Waals surface area contributed by atoms with E-state index < -0.39 is 5.97 Å². The Morgan fingerprint density at radius 2 is 2.57 bits per heavy atom. The molecule has 7 heteroatoms. The lowest BCUT2D eigenvalue weighted by Gasteiger charge is -2.21. The molecule has 1 fully saturated rings. The van der Waals surface area contributed by atoms with Gasteiger partial charge in [0.25, 0.3) is 0 Å². The fourth-order valence-electron chi connectivity index (χ4n) is 2.56. The number of ether oxygens (including phenoxy) is 1. The van der Waals surface area contributed by atoms with Crippen LogP contribution in [0.3, 0.4) is 0 Å². The van der Waals surface area contributed by atoms with Crippen molar-refractivity contribution < 1.29 is 14.6 Å². The fraction of sp³-hybridized carbons (Fsp3) is 0.429. The third-order valence-electron chi connectivity index (χ3n) is 3.53. The first-order valence-corrected chi connectivity index (χ1v) is 7.72. The van der Waals surface area contributed by atoms with E-state index in [-0.39, 0.29) is 6.10 Å². The number of carbonyl (C=O) groups is 1. The first-order valence-electron chi connectivity index (χ1n) is 6.84. The number of thiazole rings is 1. The molecule has 1 aliphatic heterocycles. The lowest BCUT2D eigenvalue weighted by atomic mass is 10.2. The lowest BCUT2D eigenvalue weighted by Crippen LogP contribution is -2.29. The van der Waals surface area contributed by atoms with Gasteiger partial charge in [-0.25, -0.2) is 9.78 Å². The summed E-state index contributed by atoms with van der Waals surface area (Å²) in [6.45, 7) is 1.58. The average Bonchev–Trinajstić information content (AvgIpc) is 3.12. The third-order valence-corrected chi connectivity index (χ3v) is 4.28. The van der Waals surface area contributed by atoms with Gasteiger partial charge in [0.1, 0.15) is 0 Å². The summed E-state index contributed by atoms with van der Waals surface area (Å²) in [6, 6.07) is 0. The minimum Gasteiger partial charge on any atom is -0.478 e. The van der Waals surface area contributed by atoms with Crippen molar-refractivity contribution in [2.75, 3.05) is 25.1 Å². The van der Waals surface area contributed by atoms with E-state index in [9.17, 15) is 4.79 Å². The second kappa shape index (κ2) is 5.87. The monoisotopic (exact) mass is 307 g/mol. The van der Waals surface area contributed by atoms with Gasteiger partial charge >= 0.3 is 5.97 Å². The Balaban J connectivity index is 1.90. The molecule has 21 heavy (non-hydrogen) atoms. The highest BCUT2D eigenvalue weighted by molar-refractivity contribution is 7.15. The molecule has 2 aromatic heterocycles. The number of imidazole rings is 1. The van der Waals surface area contributed by atoms with E-state index in [0.717, 1.165) is 48.5 Å². The summed E-state index contributed by atoms with van der Waals surface area (Å²) in [5.74, 6) is -0.178. The molecule has 3 rings (SSSR count). The van der Waals surface area contributed by atoms with Crippen molar-refractivity contribution in [2.24, 2.45) is 0 Å². The summed E-state index contributed by atoms with van der Waals surface area (Å²) in [6.07, 6.45) is 7.03. The van der Waals surface area contributed by atoms with Crippen LogP contribution in [-0.4, -0.2) is 46.8 Å². The van der Waals surface area contributed by atoms with Crippen LogP contribution in [0.15, 0.2) is 17.7 Å². The Labute approximate surface area is 126 Å². The molecule has 6 nitrogen and oxygen atoms in total. The van der Waals surface area contributed by atoms with Gasteiger partial charge in [-0.1, -0.05) is 0 Å². The molecule has 112 valence electrons. The molecule has 0 aliphatic carbocycles. The Kier molecular flexibility index (Phi) is 3.94. The van der Waals surface area contributed by atoms with Crippen molar-refractivity contribution in [2.45, 2.75) is 18.9 Å². The molecule has 1 unspecified atom stereocenters. The maximum Gasteiger partial charge on any atom is 0.328 e. The standard InChI is InChI=1S/C14H17N3O3S/c1-16(9-10-3-2-7-20-10)13-11(4-5-12(18)19)17-6-8-21-14(17)15-13/h4-6,8,10H,2-3,7,9H2,1H3,(H,18,19). The number of nitrogens with zero attached hydrogens (tertiary/aromatic N) is 3. The van der Waals surface area contributed by atoms with Gasteiger partial charge in [-0.2, -0.15) is 0 Å². The van der Waals surface area contributed by atoms with Crippen molar-refractivity contribution in [1.82, 2.24) is 9.38 Å². The van der Waals surface area contributed by atoms with Crippen LogP contribution < -0.4 is 4.90 Å². The predicted octanol–water partition coefficient (Wildman–Crippen LogP) is 2.11. The zero-order valence-electron chi connectivity index (χ0n) is 11.7. The summed E-state index contributed by atoms with van der Waals surface area (Å²) in [7, 11) is 1.96. The number of carboxylic acid groups (broad SMARTS) is 1. The van der Waals surface area contributed by atoms with E-state index in [0.29, 0.717) is 0 Å². The Morgan fingerprint density at radius 3 is 3.29 bits per heavy atom. The summed E-state index contributed by atoms with van der Waals surface area (Å²) < 4.78 is 7.56. The Bertz CT molecular complexity index is 670. The van der Waals surface area contributed by atoms with E-state index in [1.165, 1.54) is 11.3 Å².